The second kappa shape index (κ2) is 7.69. The van der Waals surface area contributed by atoms with Gasteiger partial charge in [-0.2, -0.15) is 0 Å². The van der Waals surface area contributed by atoms with E-state index in [0.717, 1.165) is 10.4 Å². The summed E-state index contributed by atoms with van der Waals surface area (Å²) in [5, 5.41) is 1.97. The van der Waals surface area contributed by atoms with Crippen molar-refractivity contribution in [2.24, 2.45) is 4.99 Å². The number of allylic oxidation sites excluding steroid dienone is 1. The average Bonchev–Trinajstić information content (AvgIpc) is 3.30. The highest BCUT2D eigenvalue weighted by molar-refractivity contribution is 7.11. The fraction of sp³-hybridized carbons (Fsp3) is 0.190. The van der Waals surface area contributed by atoms with Crippen molar-refractivity contribution >= 4 is 34.7 Å². The molecule has 1 aliphatic rings. The summed E-state index contributed by atoms with van der Waals surface area (Å²) in [6.45, 7) is 3.82. The maximum Gasteiger partial charge on any atom is 0.338 e. The molecule has 28 heavy (non-hydrogen) atoms. The highest BCUT2D eigenvalue weighted by Gasteiger charge is 2.33. The lowest BCUT2D eigenvalue weighted by molar-refractivity contribution is -0.139. The summed E-state index contributed by atoms with van der Waals surface area (Å²) in [6.07, 6.45) is 1.87. The number of thiophene rings is 1. The number of carbonyl (C=O) groups is 1. The molecule has 4 rings (SSSR count). The Labute approximate surface area is 169 Å². The first-order valence-electron chi connectivity index (χ1n) is 8.88. The fourth-order valence-corrected chi connectivity index (χ4v) is 5.01. The van der Waals surface area contributed by atoms with Crippen molar-refractivity contribution in [3.05, 3.63) is 89.2 Å². The van der Waals surface area contributed by atoms with E-state index in [4.69, 9.17) is 4.74 Å². The number of hydrogen-bond donors (Lipinski definition) is 0. The zero-order valence-electron chi connectivity index (χ0n) is 15.4. The zero-order valence-corrected chi connectivity index (χ0v) is 17.0. The second-order valence-corrected chi connectivity index (χ2v) is 8.22. The number of fused-ring (bicyclic) bond motifs is 1. The van der Waals surface area contributed by atoms with E-state index < -0.39 is 12.0 Å². The number of benzene rings is 1. The van der Waals surface area contributed by atoms with E-state index in [1.807, 2.05) is 53.9 Å². The molecule has 1 atom stereocenters. The van der Waals surface area contributed by atoms with Crippen LogP contribution in [0, 0.1) is 0 Å². The Morgan fingerprint density at radius 3 is 2.71 bits per heavy atom. The van der Waals surface area contributed by atoms with Crippen molar-refractivity contribution in [3.63, 3.8) is 0 Å². The Balaban J connectivity index is 1.97. The van der Waals surface area contributed by atoms with Gasteiger partial charge in [0.25, 0.3) is 5.56 Å². The third kappa shape index (κ3) is 3.27. The fourth-order valence-electron chi connectivity index (χ4n) is 3.24. The first-order valence-corrected chi connectivity index (χ1v) is 10.6. The van der Waals surface area contributed by atoms with Gasteiger partial charge in [-0.15, -0.1) is 11.3 Å². The largest absolute Gasteiger partial charge is 0.463 e. The van der Waals surface area contributed by atoms with Gasteiger partial charge in [-0.3, -0.25) is 9.36 Å². The minimum atomic E-state index is -0.554. The molecule has 5 nitrogen and oxygen atoms in total. The number of nitrogens with zero attached hydrogens (tertiary/aromatic N) is 2. The van der Waals surface area contributed by atoms with Gasteiger partial charge >= 0.3 is 5.97 Å². The maximum absolute atomic E-state index is 13.3. The molecule has 0 aliphatic carbocycles. The zero-order chi connectivity index (χ0) is 19.7. The molecule has 0 saturated carbocycles. The Morgan fingerprint density at radius 2 is 2.04 bits per heavy atom. The highest BCUT2D eigenvalue weighted by atomic mass is 32.1. The summed E-state index contributed by atoms with van der Waals surface area (Å²) < 4.78 is 7.48. The van der Waals surface area contributed by atoms with Gasteiger partial charge in [0.15, 0.2) is 4.80 Å². The molecule has 7 heteroatoms. The number of aromatic nitrogens is 1. The quantitative estimate of drug-likeness (QED) is 0.622. The van der Waals surface area contributed by atoms with Crippen LogP contribution in [-0.2, 0) is 9.53 Å². The minimum absolute atomic E-state index is 0.152. The lowest BCUT2D eigenvalue weighted by atomic mass is 9.96. The third-order valence-corrected chi connectivity index (χ3v) is 6.25. The van der Waals surface area contributed by atoms with E-state index in [1.165, 1.54) is 11.3 Å². The van der Waals surface area contributed by atoms with Gasteiger partial charge in [0.1, 0.15) is 0 Å². The van der Waals surface area contributed by atoms with Crippen molar-refractivity contribution in [2.75, 3.05) is 6.61 Å². The van der Waals surface area contributed by atoms with Crippen LogP contribution in [0.25, 0.3) is 6.08 Å². The molecule has 1 unspecified atom stereocenters. The second-order valence-electron chi connectivity index (χ2n) is 6.23. The Morgan fingerprint density at radius 1 is 1.25 bits per heavy atom. The molecule has 3 heterocycles. The molecular weight excluding hydrogens is 392 g/mol. The predicted molar refractivity (Wildman–Crippen MR) is 111 cm³/mol. The van der Waals surface area contributed by atoms with E-state index in [2.05, 4.69) is 4.99 Å². The Hall–Kier alpha value is -2.77. The normalized spacial score (nSPS) is 16.6. The van der Waals surface area contributed by atoms with Crippen LogP contribution in [0.1, 0.15) is 30.3 Å². The molecule has 0 radical (unpaired) electrons. The molecule has 0 saturated heterocycles. The van der Waals surface area contributed by atoms with Gasteiger partial charge in [0.05, 0.1) is 28.5 Å². The van der Waals surface area contributed by atoms with Crippen molar-refractivity contribution in [2.45, 2.75) is 19.9 Å². The number of hydrogen-bond acceptors (Lipinski definition) is 6. The van der Waals surface area contributed by atoms with Crippen molar-refractivity contribution in [1.82, 2.24) is 4.57 Å². The summed E-state index contributed by atoms with van der Waals surface area (Å²) in [5.74, 6) is -0.440. The molecule has 0 bridgehead atoms. The van der Waals surface area contributed by atoms with Gasteiger partial charge in [-0.1, -0.05) is 47.7 Å². The molecule has 1 aromatic carbocycles. The van der Waals surface area contributed by atoms with Crippen LogP contribution in [0.2, 0.25) is 0 Å². The average molecular weight is 411 g/mol. The van der Waals surface area contributed by atoms with Crippen LogP contribution >= 0.6 is 22.7 Å². The van der Waals surface area contributed by atoms with Crippen LogP contribution < -0.4 is 14.9 Å². The van der Waals surface area contributed by atoms with Crippen LogP contribution in [0.5, 0.6) is 0 Å². The molecule has 0 spiro atoms. The first-order chi connectivity index (χ1) is 13.6. The molecule has 3 aromatic rings. The van der Waals surface area contributed by atoms with Gasteiger partial charge in [0.2, 0.25) is 0 Å². The molecule has 0 amide bonds. The SMILES string of the molecule is CCOC(=O)C1=C(C)N=c2s/c(=C\c3cccs3)c(=O)n2C1c1ccccc1. The summed E-state index contributed by atoms with van der Waals surface area (Å²) in [6, 6.07) is 12.9. The van der Waals surface area contributed by atoms with Gasteiger partial charge in [-0.05, 0) is 36.9 Å². The number of ether oxygens (including phenoxy) is 1. The van der Waals surface area contributed by atoms with Crippen molar-refractivity contribution in [3.8, 4) is 0 Å². The molecule has 0 N–H and O–H groups in total. The van der Waals surface area contributed by atoms with E-state index in [0.29, 0.717) is 20.6 Å². The number of esters is 1. The smallest absolute Gasteiger partial charge is 0.338 e. The van der Waals surface area contributed by atoms with E-state index >= 15 is 0 Å². The van der Waals surface area contributed by atoms with Gasteiger partial charge in [0, 0.05) is 4.88 Å². The number of carbonyl (C=O) groups excluding carboxylic acids is 1. The van der Waals surface area contributed by atoms with Crippen LogP contribution in [-0.4, -0.2) is 17.1 Å². The first kappa shape index (κ1) is 18.6. The summed E-state index contributed by atoms with van der Waals surface area (Å²) in [5.41, 5.74) is 1.68. The molecule has 142 valence electrons. The van der Waals surface area contributed by atoms with Crippen LogP contribution in [0.15, 0.2) is 68.9 Å². The number of rotatable bonds is 4. The van der Waals surface area contributed by atoms with E-state index in [9.17, 15) is 9.59 Å². The minimum Gasteiger partial charge on any atom is -0.463 e. The lowest BCUT2D eigenvalue weighted by Gasteiger charge is -2.24. The van der Waals surface area contributed by atoms with Crippen molar-refractivity contribution in [1.29, 1.82) is 0 Å². The monoisotopic (exact) mass is 410 g/mol. The third-order valence-electron chi connectivity index (χ3n) is 4.45. The predicted octanol–water partition coefficient (Wildman–Crippen LogP) is 2.86. The van der Waals surface area contributed by atoms with Gasteiger partial charge < -0.3 is 4.74 Å². The molecule has 0 fully saturated rings. The van der Waals surface area contributed by atoms with E-state index in [1.54, 1.807) is 29.8 Å². The maximum atomic E-state index is 13.3. The highest BCUT2D eigenvalue weighted by Crippen LogP contribution is 2.30. The standard InChI is InChI=1S/C21H18N2O3S2/c1-3-26-20(25)17-13(2)22-21-23(18(17)14-8-5-4-6-9-14)19(24)16(28-21)12-15-10-7-11-27-15/h4-12,18H,3H2,1-2H3/b16-12-. The van der Waals surface area contributed by atoms with Gasteiger partial charge in [-0.25, -0.2) is 9.79 Å². The van der Waals surface area contributed by atoms with Crippen LogP contribution in [0.4, 0.5) is 0 Å². The molecule has 1 aliphatic heterocycles. The molecular formula is C21H18N2O3S2. The van der Waals surface area contributed by atoms with E-state index in [-0.39, 0.29) is 12.2 Å². The summed E-state index contributed by atoms with van der Waals surface area (Å²) >= 11 is 2.91. The van der Waals surface area contributed by atoms with Crippen LogP contribution in [0.3, 0.4) is 0 Å². The Bertz CT molecular complexity index is 1220. The topological polar surface area (TPSA) is 60.7 Å². The van der Waals surface area contributed by atoms with Crippen molar-refractivity contribution < 1.29 is 9.53 Å². The lowest BCUT2D eigenvalue weighted by Crippen LogP contribution is -2.39. The summed E-state index contributed by atoms with van der Waals surface area (Å²) in [7, 11) is 0. The Kier molecular flexibility index (Phi) is 5.11. The number of thiazole rings is 1. The molecule has 2 aromatic heterocycles. The summed E-state index contributed by atoms with van der Waals surface area (Å²) in [4.78, 5) is 32.1.